The van der Waals surface area contributed by atoms with Gasteiger partial charge in [0.25, 0.3) is 0 Å². The summed E-state index contributed by atoms with van der Waals surface area (Å²) in [4.78, 5) is 12.8. The van der Waals surface area contributed by atoms with Gasteiger partial charge in [-0.2, -0.15) is 0 Å². The number of carbonyl (C=O) groups is 1. The minimum Gasteiger partial charge on any atom is -0.497 e. The zero-order chi connectivity index (χ0) is 22.7. The maximum absolute atomic E-state index is 12.8. The third kappa shape index (κ3) is 4.40. The summed E-state index contributed by atoms with van der Waals surface area (Å²) in [6.07, 6.45) is 0. The number of hydrogen-bond acceptors (Lipinski definition) is 5. The van der Waals surface area contributed by atoms with Gasteiger partial charge in [-0.05, 0) is 61.5 Å². The van der Waals surface area contributed by atoms with E-state index in [1.165, 1.54) is 0 Å². The van der Waals surface area contributed by atoms with Gasteiger partial charge in [0.1, 0.15) is 35.0 Å². The summed E-state index contributed by atoms with van der Waals surface area (Å²) in [6, 6.07) is 17.8. The lowest BCUT2D eigenvalue weighted by atomic mass is 10.1. The number of methoxy groups -OCH3 is 1. The summed E-state index contributed by atoms with van der Waals surface area (Å²) < 4.78 is 22.5. The van der Waals surface area contributed by atoms with E-state index in [2.05, 4.69) is 0 Å². The van der Waals surface area contributed by atoms with Crippen molar-refractivity contribution in [2.45, 2.75) is 13.5 Å². The highest BCUT2D eigenvalue weighted by atomic mass is 35.5. The number of furan rings is 1. The lowest BCUT2D eigenvalue weighted by Crippen LogP contribution is -2.05. The number of carbonyl (C=O) groups excluding carboxylic acids is 1. The van der Waals surface area contributed by atoms with E-state index < -0.39 is 5.97 Å². The Morgan fingerprint density at radius 1 is 0.969 bits per heavy atom. The second-order valence-electron chi connectivity index (χ2n) is 6.90. The van der Waals surface area contributed by atoms with Gasteiger partial charge in [-0.15, -0.1) is 0 Å². The van der Waals surface area contributed by atoms with E-state index >= 15 is 0 Å². The molecule has 32 heavy (non-hydrogen) atoms. The van der Waals surface area contributed by atoms with Crippen molar-refractivity contribution in [1.29, 1.82) is 0 Å². The highest BCUT2D eigenvalue weighted by molar-refractivity contribution is 6.35. The van der Waals surface area contributed by atoms with E-state index in [1.807, 2.05) is 12.1 Å². The van der Waals surface area contributed by atoms with Crippen LogP contribution < -0.4 is 9.47 Å². The first-order valence-corrected chi connectivity index (χ1v) is 10.7. The molecule has 0 saturated heterocycles. The molecule has 1 heterocycles. The molecule has 4 aromatic rings. The van der Waals surface area contributed by atoms with Crippen LogP contribution in [0.2, 0.25) is 10.0 Å². The Labute approximate surface area is 195 Å². The van der Waals surface area contributed by atoms with Crippen LogP contribution in [0.4, 0.5) is 0 Å². The molecule has 0 fully saturated rings. The molecule has 0 radical (unpaired) electrons. The zero-order valence-electron chi connectivity index (χ0n) is 17.5. The zero-order valence-corrected chi connectivity index (χ0v) is 19.0. The first-order chi connectivity index (χ1) is 15.5. The first kappa shape index (κ1) is 22.1. The third-order valence-electron chi connectivity index (χ3n) is 4.94. The van der Waals surface area contributed by atoms with Gasteiger partial charge >= 0.3 is 5.97 Å². The fourth-order valence-electron chi connectivity index (χ4n) is 3.34. The van der Waals surface area contributed by atoms with E-state index in [0.717, 1.165) is 5.56 Å². The van der Waals surface area contributed by atoms with Crippen LogP contribution >= 0.6 is 23.2 Å². The molecule has 0 aliphatic heterocycles. The van der Waals surface area contributed by atoms with Gasteiger partial charge < -0.3 is 18.6 Å². The van der Waals surface area contributed by atoms with Crippen molar-refractivity contribution < 1.29 is 23.4 Å². The topological polar surface area (TPSA) is 57.9 Å². The minimum atomic E-state index is -0.469. The number of hydrogen-bond donors (Lipinski definition) is 0. The number of esters is 1. The molecule has 1 aromatic heterocycles. The smallest absolute Gasteiger partial charge is 0.342 e. The Morgan fingerprint density at radius 3 is 2.31 bits per heavy atom. The molecule has 3 aromatic carbocycles. The second kappa shape index (κ2) is 9.55. The predicted octanol–water partition coefficient (Wildman–Crippen LogP) is 7.17. The molecule has 0 aliphatic rings. The molecule has 0 spiro atoms. The van der Waals surface area contributed by atoms with Crippen LogP contribution in [-0.4, -0.2) is 19.7 Å². The highest BCUT2D eigenvalue weighted by Gasteiger charge is 2.24. The lowest BCUT2D eigenvalue weighted by molar-refractivity contribution is 0.0528. The summed E-state index contributed by atoms with van der Waals surface area (Å²) in [5.74, 6) is 1.20. The molecule has 0 saturated carbocycles. The fourth-order valence-corrected chi connectivity index (χ4v) is 3.85. The van der Waals surface area contributed by atoms with Crippen molar-refractivity contribution in [3.05, 3.63) is 81.8 Å². The van der Waals surface area contributed by atoms with Gasteiger partial charge in [0.05, 0.1) is 13.7 Å². The molecule has 0 unspecified atom stereocenters. The van der Waals surface area contributed by atoms with Gasteiger partial charge in [-0.3, -0.25) is 0 Å². The van der Waals surface area contributed by atoms with Crippen molar-refractivity contribution in [1.82, 2.24) is 0 Å². The predicted molar refractivity (Wildman–Crippen MR) is 125 cm³/mol. The Bertz CT molecular complexity index is 1240. The average molecular weight is 471 g/mol. The summed E-state index contributed by atoms with van der Waals surface area (Å²) in [5.41, 5.74) is 2.30. The minimum absolute atomic E-state index is 0.182. The Morgan fingerprint density at radius 2 is 1.66 bits per heavy atom. The van der Waals surface area contributed by atoms with Crippen molar-refractivity contribution in [3.8, 4) is 22.8 Å². The second-order valence-corrected chi connectivity index (χ2v) is 7.72. The number of benzene rings is 3. The first-order valence-electron chi connectivity index (χ1n) is 9.95. The summed E-state index contributed by atoms with van der Waals surface area (Å²) >= 11 is 12.5. The van der Waals surface area contributed by atoms with Gasteiger partial charge in [0.15, 0.2) is 0 Å². The monoisotopic (exact) mass is 470 g/mol. The Balaban J connectivity index is 1.74. The molecule has 164 valence electrons. The van der Waals surface area contributed by atoms with Crippen LogP contribution in [-0.2, 0) is 11.3 Å². The van der Waals surface area contributed by atoms with Crippen LogP contribution in [0.25, 0.3) is 22.3 Å². The molecule has 0 bridgehead atoms. The van der Waals surface area contributed by atoms with Crippen LogP contribution in [0, 0.1) is 0 Å². The van der Waals surface area contributed by atoms with Crippen molar-refractivity contribution in [2.24, 2.45) is 0 Å². The van der Waals surface area contributed by atoms with E-state index in [-0.39, 0.29) is 13.2 Å². The maximum Gasteiger partial charge on any atom is 0.342 e. The van der Waals surface area contributed by atoms with E-state index in [1.54, 1.807) is 62.6 Å². The van der Waals surface area contributed by atoms with E-state index in [0.29, 0.717) is 49.4 Å². The van der Waals surface area contributed by atoms with Gasteiger partial charge in [0.2, 0.25) is 0 Å². The normalized spacial score (nSPS) is 10.9. The number of rotatable bonds is 7. The molecular weight excluding hydrogens is 451 g/mol. The van der Waals surface area contributed by atoms with Crippen molar-refractivity contribution in [3.63, 3.8) is 0 Å². The molecule has 7 heteroatoms. The molecule has 0 amide bonds. The summed E-state index contributed by atoms with van der Waals surface area (Å²) in [7, 11) is 1.59. The third-order valence-corrected chi connectivity index (χ3v) is 5.64. The molecule has 5 nitrogen and oxygen atoms in total. The van der Waals surface area contributed by atoms with Crippen LogP contribution in [0.5, 0.6) is 11.5 Å². The maximum atomic E-state index is 12.8. The molecule has 0 atom stereocenters. The summed E-state index contributed by atoms with van der Waals surface area (Å²) in [5, 5.41) is 1.64. The largest absolute Gasteiger partial charge is 0.497 e. The summed E-state index contributed by atoms with van der Waals surface area (Å²) in [6.45, 7) is 2.19. The van der Waals surface area contributed by atoms with E-state index in [4.69, 9.17) is 41.8 Å². The molecular formula is C25H20Cl2O5. The van der Waals surface area contributed by atoms with Gasteiger partial charge in [-0.25, -0.2) is 4.79 Å². The lowest BCUT2D eigenvalue weighted by Gasteiger charge is -2.09. The van der Waals surface area contributed by atoms with Crippen LogP contribution in [0.15, 0.2) is 65.1 Å². The standard InChI is InChI=1S/C25H20Cl2O5/c1-3-30-25(28)23-18-13-17(31-14-19-20(26)5-4-6-21(19)27)11-12-22(18)32-24(23)15-7-9-16(29-2)10-8-15/h4-13H,3,14H2,1-2H3. The Hall–Kier alpha value is -3.15. The molecule has 0 aliphatic carbocycles. The quantitative estimate of drug-likeness (QED) is 0.268. The number of ether oxygens (including phenoxy) is 3. The van der Waals surface area contributed by atoms with Crippen molar-refractivity contribution in [2.75, 3.05) is 13.7 Å². The fraction of sp³-hybridized carbons (Fsp3) is 0.160. The van der Waals surface area contributed by atoms with Crippen LogP contribution in [0.3, 0.4) is 0 Å². The number of halogens is 2. The molecule has 0 N–H and O–H groups in total. The highest BCUT2D eigenvalue weighted by Crippen LogP contribution is 2.37. The van der Waals surface area contributed by atoms with E-state index in [9.17, 15) is 4.79 Å². The molecule has 4 rings (SSSR count). The number of fused-ring (bicyclic) bond motifs is 1. The van der Waals surface area contributed by atoms with Gasteiger partial charge in [0, 0.05) is 26.6 Å². The Kier molecular flexibility index (Phi) is 6.58. The SMILES string of the molecule is CCOC(=O)c1c(-c2ccc(OC)cc2)oc2ccc(OCc3c(Cl)cccc3Cl)cc12. The average Bonchev–Trinajstić information content (AvgIpc) is 3.18. The van der Waals surface area contributed by atoms with Crippen molar-refractivity contribution >= 4 is 40.1 Å². The van der Waals surface area contributed by atoms with Gasteiger partial charge in [-0.1, -0.05) is 29.3 Å². The van der Waals surface area contributed by atoms with Crippen LogP contribution in [0.1, 0.15) is 22.8 Å².